The van der Waals surface area contributed by atoms with Crippen molar-refractivity contribution in [3.63, 3.8) is 0 Å². The Morgan fingerprint density at radius 3 is 2.42 bits per heavy atom. The molecule has 2 aromatic carbocycles. The van der Waals surface area contributed by atoms with E-state index in [-0.39, 0.29) is 0 Å². The molecule has 0 aliphatic carbocycles. The summed E-state index contributed by atoms with van der Waals surface area (Å²) in [4.78, 5) is 0. The molecule has 0 aliphatic heterocycles. The summed E-state index contributed by atoms with van der Waals surface area (Å²) in [7, 11) is 5.15. The number of nitrogens with zero attached hydrogens (tertiary/aromatic N) is 3. The van der Waals surface area contributed by atoms with Crippen LogP contribution in [0, 0.1) is 0 Å². The van der Waals surface area contributed by atoms with Gasteiger partial charge >= 0.3 is 0 Å². The highest BCUT2D eigenvalue weighted by Crippen LogP contribution is 2.33. The molecular formula is C18H17Cl2N3O2S. The fraction of sp³-hybridized carbons (Fsp3) is 0.222. The summed E-state index contributed by atoms with van der Waals surface area (Å²) in [6.45, 7) is 0. The predicted octanol–water partition coefficient (Wildman–Crippen LogP) is 5.10. The summed E-state index contributed by atoms with van der Waals surface area (Å²) in [6.07, 6.45) is 0. The van der Waals surface area contributed by atoms with Crippen molar-refractivity contribution in [1.29, 1.82) is 0 Å². The third kappa shape index (κ3) is 3.92. The van der Waals surface area contributed by atoms with Gasteiger partial charge in [-0.15, -0.1) is 10.2 Å². The van der Waals surface area contributed by atoms with Crippen LogP contribution in [0.2, 0.25) is 10.0 Å². The third-order valence-electron chi connectivity index (χ3n) is 3.83. The number of thioether (sulfide) groups is 1. The summed E-state index contributed by atoms with van der Waals surface area (Å²) >= 11 is 13.6. The van der Waals surface area contributed by atoms with E-state index in [9.17, 15) is 0 Å². The van der Waals surface area contributed by atoms with Crippen molar-refractivity contribution < 1.29 is 9.47 Å². The summed E-state index contributed by atoms with van der Waals surface area (Å²) in [5.74, 6) is 2.79. The van der Waals surface area contributed by atoms with Gasteiger partial charge in [-0.25, -0.2) is 0 Å². The first kappa shape index (κ1) is 18.9. The molecule has 0 atom stereocenters. The Hall–Kier alpha value is -1.89. The normalized spacial score (nSPS) is 10.8. The molecule has 5 nitrogen and oxygen atoms in total. The van der Waals surface area contributed by atoms with Crippen molar-refractivity contribution in [3.05, 3.63) is 52.0 Å². The van der Waals surface area contributed by atoms with Crippen molar-refractivity contribution in [1.82, 2.24) is 14.8 Å². The van der Waals surface area contributed by atoms with Crippen LogP contribution >= 0.6 is 35.0 Å². The van der Waals surface area contributed by atoms with Gasteiger partial charge in [0.05, 0.1) is 24.3 Å². The molecule has 1 heterocycles. The fourth-order valence-electron chi connectivity index (χ4n) is 2.44. The average molecular weight is 410 g/mol. The summed E-state index contributed by atoms with van der Waals surface area (Å²) in [5.41, 5.74) is 1.97. The topological polar surface area (TPSA) is 49.2 Å². The minimum absolute atomic E-state index is 0.550. The predicted molar refractivity (Wildman–Crippen MR) is 106 cm³/mol. The van der Waals surface area contributed by atoms with E-state index in [4.69, 9.17) is 32.7 Å². The monoisotopic (exact) mass is 409 g/mol. The third-order valence-corrected chi connectivity index (χ3v) is 5.66. The molecule has 26 heavy (non-hydrogen) atoms. The summed E-state index contributed by atoms with van der Waals surface area (Å²) in [6, 6.07) is 11.3. The van der Waals surface area contributed by atoms with Gasteiger partial charge in [-0.05, 0) is 35.9 Å². The zero-order valence-corrected chi connectivity index (χ0v) is 16.8. The largest absolute Gasteiger partial charge is 0.493 e. The minimum Gasteiger partial charge on any atom is -0.493 e. The van der Waals surface area contributed by atoms with Gasteiger partial charge in [-0.3, -0.25) is 0 Å². The number of methoxy groups -OCH3 is 2. The van der Waals surface area contributed by atoms with Crippen LogP contribution in [0.1, 0.15) is 5.56 Å². The Kier molecular flexibility index (Phi) is 5.96. The molecular weight excluding hydrogens is 393 g/mol. The molecule has 8 heteroatoms. The van der Waals surface area contributed by atoms with E-state index in [1.54, 1.807) is 32.0 Å². The molecule has 3 aromatic rings. The second-order valence-corrected chi connectivity index (χ2v) is 7.23. The van der Waals surface area contributed by atoms with Crippen LogP contribution in [0.25, 0.3) is 11.4 Å². The standard InChI is InChI=1S/C18H17Cl2N3O2S/c1-23-17(12-5-7-15(24-2)16(9-12)25-3)21-22-18(23)26-10-11-4-6-13(19)14(20)8-11/h4-9H,10H2,1-3H3. The van der Waals surface area contributed by atoms with Gasteiger partial charge in [-0.2, -0.15) is 0 Å². The summed E-state index contributed by atoms with van der Waals surface area (Å²) in [5, 5.41) is 10.5. The van der Waals surface area contributed by atoms with Gasteiger partial charge in [0.15, 0.2) is 22.5 Å². The highest BCUT2D eigenvalue weighted by molar-refractivity contribution is 7.98. The van der Waals surface area contributed by atoms with E-state index in [1.807, 2.05) is 41.9 Å². The fourth-order valence-corrected chi connectivity index (χ4v) is 3.62. The van der Waals surface area contributed by atoms with E-state index in [2.05, 4.69) is 10.2 Å². The van der Waals surface area contributed by atoms with Crippen molar-refractivity contribution in [2.45, 2.75) is 10.9 Å². The lowest BCUT2D eigenvalue weighted by atomic mass is 10.2. The average Bonchev–Trinajstić information content (AvgIpc) is 3.02. The molecule has 0 saturated carbocycles. The van der Waals surface area contributed by atoms with Gasteiger partial charge in [0.25, 0.3) is 0 Å². The first-order chi connectivity index (χ1) is 12.5. The molecule has 136 valence electrons. The van der Waals surface area contributed by atoms with Gasteiger partial charge in [0, 0.05) is 18.4 Å². The zero-order valence-electron chi connectivity index (χ0n) is 14.5. The van der Waals surface area contributed by atoms with Crippen molar-refractivity contribution in [2.24, 2.45) is 7.05 Å². The molecule has 0 saturated heterocycles. The minimum atomic E-state index is 0.550. The van der Waals surface area contributed by atoms with Crippen molar-refractivity contribution >= 4 is 35.0 Å². The van der Waals surface area contributed by atoms with Gasteiger partial charge in [-0.1, -0.05) is 41.0 Å². The number of halogens is 2. The number of hydrogen-bond acceptors (Lipinski definition) is 5. The van der Waals surface area contributed by atoms with Crippen molar-refractivity contribution in [3.8, 4) is 22.9 Å². The molecule has 0 amide bonds. The second kappa shape index (κ2) is 8.20. The molecule has 0 radical (unpaired) electrons. The summed E-state index contributed by atoms with van der Waals surface area (Å²) < 4.78 is 12.6. The molecule has 0 bridgehead atoms. The number of aromatic nitrogens is 3. The maximum Gasteiger partial charge on any atom is 0.191 e. The maximum atomic E-state index is 6.07. The smallest absolute Gasteiger partial charge is 0.191 e. The number of rotatable bonds is 6. The van der Waals surface area contributed by atoms with Crippen LogP contribution in [0.5, 0.6) is 11.5 Å². The van der Waals surface area contributed by atoms with Crippen LogP contribution in [0.3, 0.4) is 0 Å². The zero-order chi connectivity index (χ0) is 18.7. The molecule has 0 aliphatic rings. The van der Waals surface area contributed by atoms with Gasteiger partial charge in [0.1, 0.15) is 0 Å². The number of benzene rings is 2. The van der Waals surface area contributed by atoms with Gasteiger partial charge in [0.2, 0.25) is 0 Å². The van der Waals surface area contributed by atoms with Crippen molar-refractivity contribution in [2.75, 3.05) is 14.2 Å². The molecule has 1 aromatic heterocycles. The Balaban J connectivity index is 1.80. The lowest BCUT2D eigenvalue weighted by Gasteiger charge is -2.09. The molecule has 3 rings (SSSR count). The van der Waals surface area contributed by atoms with Crippen LogP contribution in [-0.2, 0) is 12.8 Å². The molecule has 0 spiro atoms. The van der Waals surface area contributed by atoms with Crippen LogP contribution in [-0.4, -0.2) is 29.0 Å². The lowest BCUT2D eigenvalue weighted by molar-refractivity contribution is 0.355. The Bertz CT molecular complexity index is 931. The number of hydrogen-bond donors (Lipinski definition) is 0. The first-order valence-corrected chi connectivity index (χ1v) is 9.46. The van der Waals surface area contributed by atoms with Crippen LogP contribution < -0.4 is 9.47 Å². The second-order valence-electron chi connectivity index (χ2n) is 5.47. The highest BCUT2D eigenvalue weighted by Gasteiger charge is 2.14. The van der Waals surface area contributed by atoms with E-state index < -0.39 is 0 Å². The first-order valence-electron chi connectivity index (χ1n) is 7.72. The van der Waals surface area contributed by atoms with E-state index in [1.165, 1.54) is 0 Å². The molecule has 0 N–H and O–H groups in total. The molecule has 0 fully saturated rings. The van der Waals surface area contributed by atoms with E-state index in [0.717, 1.165) is 27.9 Å². The van der Waals surface area contributed by atoms with E-state index in [0.29, 0.717) is 21.5 Å². The van der Waals surface area contributed by atoms with Gasteiger partial charge < -0.3 is 14.0 Å². The highest BCUT2D eigenvalue weighted by atomic mass is 35.5. The quantitative estimate of drug-likeness (QED) is 0.530. The Morgan fingerprint density at radius 2 is 1.73 bits per heavy atom. The lowest BCUT2D eigenvalue weighted by Crippen LogP contribution is -1.96. The SMILES string of the molecule is COc1ccc(-c2nnc(SCc3ccc(Cl)c(Cl)c3)n2C)cc1OC. The number of ether oxygens (including phenoxy) is 2. The Labute approximate surface area is 166 Å². The molecule has 0 unspecified atom stereocenters. The Morgan fingerprint density at radius 1 is 0.962 bits per heavy atom. The van der Waals surface area contributed by atoms with E-state index >= 15 is 0 Å². The maximum absolute atomic E-state index is 6.07. The van der Waals surface area contributed by atoms with Crippen LogP contribution in [0.15, 0.2) is 41.6 Å². The van der Waals surface area contributed by atoms with Crippen LogP contribution in [0.4, 0.5) is 0 Å².